The number of hydrogen-bond acceptors (Lipinski definition) is 5. The van der Waals surface area contributed by atoms with Crippen molar-refractivity contribution in [3.05, 3.63) is 29.8 Å². The van der Waals surface area contributed by atoms with E-state index in [1.54, 1.807) is 24.3 Å². The summed E-state index contributed by atoms with van der Waals surface area (Å²) < 4.78 is 15.2. The van der Waals surface area contributed by atoms with Crippen LogP contribution in [0.2, 0.25) is 0 Å². The van der Waals surface area contributed by atoms with Crippen LogP contribution in [0.1, 0.15) is 12.5 Å². The maximum Gasteiger partial charge on any atom is 0.330 e. The van der Waals surface area contributed by atoms with E-state index in [0.717, 1.165) is 5.56 Å². The molecule has 1 amide bonds. The van der Waals surface area contributed by atoms with Crippen LogP contribution in [-0.4, -0.2) is 32.2 Å². The first-order valence-corrected chi connectivity index (χ1v) is 6.00. The Morgan fingerprint density at radius 1 is 1.25 bits per heavy atom. The van der Waals surface area contributed by atoms with Crippen molar-refractivity contribution in [2.75, 3.05) is 20.3 Å². The predicted octanol–water partition coefficient (Wildman–Crippen LogP) is 1.14. The second-order valence-electron chi connectivity index (χ2n) is 3.75. The quantitative estimate of drug-likeness (QED) is 0.597. The van der Waals surface area contributed by atoms with Gasteiger partial charge in [-0.15, -0.1) is 0 Å². The molecule has 1 aromatic rings. The van der Waals surface area contributed by atoms with Crippen molar-refractivity contribution in [1.82, 2.24) is 0 Å². The van der Waals surface area contributed by atoms with Gasteiger partial charge in [-0.25, -0.2) is 4.79 Å². The van der Waals surface area contributed by atoms with Crippen LogP contribution in [0.15, 0.2) is 24.3 Å². The van der Waals surface area contributed by atoms with E-state index in [2.05, 4.69) is 4.74 Å². The molecule has 0 atom stereocenters. The zero-order valence-corrected chi connectivity index (χ0v) is 11.4. The predicted molar refractivity (Wildman–Crippen MR) is 73.4 cm³/mol. The van der Waals surface area contributed by atoms with Gasteiger partial charge in [0.2, 0.25) is 0 Å². The highest BCUT2D eigenvalue weighted by atomic mass is 16.5. The van der Waals surface area contributed by atoms with E-state index in [0.29, 0.717) is 18.1 Å². The number of rotatable bonds is 7. The summed E-state index contributed by atoms with van der Waals surface area (Å²) in [5.41, 5.74) is 5.76. The fraction of sp³-hybridized carbons (Fsp3) is 0.286. The molecular formula is C14H17NO5. The van der Waals surface area contributed by atoms with E-state index in [9.17, 15) is 9.59 Å². The number of benzene rings is 1. The smallest absolute Gasteiger partial charge is 0.330 e. The van der Waals surface area contributed by atoms with Crippen molar-refractivity contribution in [1.29, 1.82) is 0 Å². The molecule has 0 aliphatic rings. The van der Waals surface area contributed by atoms with Gasteiger partial charge in [0, 0.05) is 6.08 Å². The Balaban J connectivity index is 2.90. The molecule has 0 radical (unpaired) electrons. The van der Waals surface area contributed by atoms with Crippen LogP contribution in [0.3, 0.4) is 0 Å². The number of methoxy groups -OCH3 is 1. The van der Waals surface area contributed by atoms with E-state index in [4.69, 9.17) is 15.2 Å². The van der Waals surface area contributed by atoms with E-state index in [1.807, 2.05) is 6.92 Å². The number of ether oxygens (including phenoxy) is 3. The molecule has 0 fully saturated rings. The van der Waals surface area contributed by atoms with Crippen molar-refractivity contribution >= 4 is 18.0 Å². The fourth-order valence-corrected chi connectivity index (χ4v) is 1.40. The maximum atomic E-state index is 11.0. The Morgan fingerprint density at radius 2 is 2.00 bits per heavy atom. The molecule has 108 valence electrons. The maximum absolute atomic E-state index is 11.0. The molecule has 20 heavy (non-hydrogen) atoms. The number of carbonyl (C=O) groups excluding carboxylic acids is 2. The first kappa shape index (κ1) is 15.6. The number of amides is 1. The normalized spacial score (nSPS) is 10.3. The molecule has 1 aromatic carbocycles. The van der Waals surface area contributed by atoms with Gasteiger partial charge < -0.3 is 19.9 Å². The van der Waals surface area contributed by atoms with E-state index < -0.39 is 11.9 Å². The summed E-state index contributed by atoms with van der Waals surface area (Å²) in [4.78, 5) is 21.7. The minimum absolute atomic E-state index is 0.225. The molecule has 0 unspecified atom stereocenters. The second-order valence-corrected chi connectivity index (χ2v) is 3.75. The third-order valence-electron chi connectivity index (χ3n) is 2.25. The highest BCUT2D eigenvalue weighted by Gasteiger charge is 2.07. The Bertz CT molecular complexity index is 510. The number of carbonyl (C=O) groups is 2. The highest BCUT2D eigenvalue weighted by molar-refractivity contribution is 5.87. The van der Waals surface area contributed by atoms with Crippen LogP contribution in [0.4, 0.5) is 0 Å². The van der Waals surface area contributed by atoms with Crippen LogP contribution < -0.4 is 15.2 Å². The summed E-state index contributed by atoms with van der Waals surface area (Å²) >= 11 is 0. The third kappa shape index (κ3) is 5.01. The van der Waals surface area contributed by atoms with Gasteiger partial charge in [-0.3, -0.25) is 4.79 Å². The van der Waals surface area contributed by atoms with Gasteiger partial charge in [-0.1, -0.05) is 6.07 Å². The Hall–Kier alpha value is -2.50. The van der Waals surface area contributed by atoms with Gasteiger partial charge >= 0.3 is 5.97 Å². The summed E-state index contributed by atoms with van der Waals surface area (Å²) in [6, 6.07) is 5.06. The van der Waals surface area contributed by atoms with Crippen LogP contribution in [0.25, 0.3) is 6.08 Å². The largest absolute Gasteiger partial charge is 0.490 e. The Labute approximate surface area is 117 Å². The molecular weight excluding hydrogens is 262 g/mol. The number of primary amides is 1. The first-order valence-electron chi connectivity index (χ1n) is 6.00. The Kier molecular flexibility index (Phi) is 6.09. The number of esters is 1. The molecule has 0 aliphatic carbocycles. The monoisotopic (exact) mass is 279 g/mol. The molecule has 0 saturated carbocycles. The molecule has 0 heterocycles. The third-order valence-corrected chi connectivity index (χ3v) is 2.25. The van der Waals surface area contributed by atoms with Gasteiger partial charge in [-0.2, -0.15) is 0 Å². The molecule has 0 aliphatic heterocycles. The summed E-state index contributed by atoms with van der Waals surface area (Å²) in [7, 11) is 1.30. The van der Waals surface area contributed by atoms with Crippen LogP contribution >= 0.6 is 0 Å². The number of hydrogen-bond donors (Lipinski definition) is 1. The molecule has 6 heteroatoms. The van der Waals surface area contributed by atoms with E-state index in [-0.39, 0.29) is 6.61 Å². The molecule has 0 aromatic heterocycles. The van der Waals surface area contributed by atoms with Crippen LogP contribution in [0, 0.1) is 0 Å². The van der Waals surface area contributed by atoms with E-state index in [1.165, 1.54) is 13.2 Å². The van der Waals surface area contributed by atoms with Crippen LogP contribution in [-0.2, 0) is 14.3 Å². The minimum atomic E-state index is -0.567. The SMILES string of the molecule is CCOc1cc(C=CC(=O)OC)ccc1OCC(N)=O. The van der Waals surface area contributed by atoms with Gasteiger partial charge in [0.05, 0.1) is 13.7 Å². The molecule has 2 N–H and O–H groups in total. The Morgan fingerprint density at radius 3 is 2.60 bits per heavy atom. The zero-order valence-electron chi connectivity index (χ0n) is 11.4. The minimum Gasteiger partial charge on any atom is -0.490 e. The first-order chi connectivity index (χ1) is 9.56. The van der Waals surface area contributed by atoms with Gasteiger partial charge in [0.25, 0.3) is 5.91 Å². The van der Waals surface area contributed by atoms with Crippen molar-refractivity contribution in [2.24, 2.45) is 5.73 Å². The average molecular weight is 279 g/mol. The second kappa shape index (κ2) is 7.83. The molecule has 0 saturated heterocycles. The molecule has 0 spiro atoms. The zero-order chi connectivity index (χ0) is 15.0. The van der Waals surface area contributed by atoms with Crippen molar-refractivity contribution in [2.45, 2.75) is 6.92 Å². The van der Waals surface area contributed by atoms with Gasteiger partial charge in [0.15, 0.2) is 18.1 Å². The van der Waals surface area contributed by atoms with Crippen molar-refractivity contribution in [3.63, 3.8) is 0 Å². The number of nitrogens with two attached hydrogens (primary N) is 1. The molecule has 0 bridgehead atoms. The average Bonchev–Trinajstić information content (AvgIpc) is 2.43. The molecule has 6 nitrogen and oxygen atoms in total. The molecule has 1 rings (SSSR count). The van der Waals surface area contributed by atoms with Crippen molar-refractivity contribution in [3.8, 4) is 11.5 Å². The van der Waals surface area contributed by atoms with Gasteiger partial charge in [0.1, 0.15) is 0 Å². The fourth-order valence-electron chi connectivity index (χ4n) is 1.40. The summed E-state index contributed by atoms with van der Waals surface area (Å²) in [6.45, 7) is 2.04. The summed E-state index contributed by atoms with van der Waals surface area (Å²) in [5.74, 6) is -0.124. The summed E-state index contributed by atoms with van der Waals surface area (Å²) in [6.07, 6.45) is 2.89. The summed E-state index contributed by atoms with van der Waals surface area (Å²) in [5, 5.41) is 0. The topological polar surface area (TPSA) is 87.8 Å². The standard InChI is InChI=1S/C14H17NO5/c1-3-19-12-8-10(5-7-14(17)18-2)4-6-11(12)20-9-13(15)16/h4-8H,3,9H2,1-2H3,(H2,15,16). The highest BCUT2D eigenvalue weighted by Crippen LogP contribution is 2.29. The van der Waals surface area contributed by atoms with E-state index >= 15 is 0 Å². The van der Waals surface area contributed by atoms with Gasteiger partial charge in [-0.05, 0) is 30.7 Å². The van der Waals surface area contributed by atoms with Crippen molar-refractivity contribution < 1.29 is 23.8 Å². The lowest BCUT2D eigenvalue weighted by atomic mass is 10.2. The lowest BCUT2D eigenvalue weighted by Gasteiger charge is -2.11. The lowest BCUT2D eigenvalue weighted by Crippen LogP contribution is -2.20. The van der Waals surface area contributed by atoms with Crippen LogP contribution in [0.5, 0.6) is 11.5 Å². The lowest BCUT2D eigenvalue weighted by molar-refractivity contribution is -0.134.